The molecule has 0 fully saturated rings. The second kappa shape index (κ2) is 8.42. The molecule has 12 heteroatoms. The summed E-state index contributed by atoms with van der Waals surface area (Å²) in [5, 5.41) is 1.54. The Morgan fingerprint density at radius 3 is 2.19 bits per heavy atom. The van der Waals surface area contributed by atoms with Gasteiger partial charge in [0.1, 0.15) is 5.82 Å². The number of nitrogens with one attached hydrogen (secondary N) is 1. The first-order valence-corrected chi connectivity index (χ1v) is 10.9. The zero-order chi connectivity index (χ0) is 27.6. The molecule has 1 aliphatic heterocycles. The van der Waals surface area contributed by atoms with Crippen molar-refractivity contribution >= 4 is 23.3 Å². The van der Waals surface area contributed by atoms with Gasteiger partial charge in [-0.25, -0.2) is 4.39 Å². The van der Waals surface area contributed by atoms with E-state index in [4.69, 9.17) is 0 Å². The minimum Gasteiger partial charge on any atom is -0.326 e. The van der Waals surface area contributed by atoms with Crippen molar-refractivity contribution in [3.05, 3.63) is 76.7 Å². The van der Waals surface area contributed by atoms with Gasteiger partial charge in [0.15, 0.2) is 5.78 Å². The molecule has 2 amide bonds. The summed E-state index contributed by atoms with van der Waals surface area (Å²) < 4.78 is 98.8. The minimum atomic E-state index is -5.61. The molecule has 4 rings (SSSR count). The van der Waals surface area contributed by atoms with E-state index in [0.29, 0.717) is 17.0 Å². The van der Waals surface area contributed by atoms with Crippen LogP contribution in [0.1, 0.15) is 42.6 Å². The van der Waals surface area contributed by atoms with Gasteiger partial charge in [0.05, 0.1) is 16.7 Å². The lowest BCUT2D eigenvalue weighted by molar-refractivity contribution is -0.186. The molecular weight excluding hydrogens is 509 g/mol. The van der Waals surface area contributed by atoms with Crippen molar-refractivity contribution < 1.29 is 45.1 Å². The second-order valence-electron chi connectivity index (χ2n) is 9.63. The monoisotopic (exact) mass is 528 g/mol. The van der Waals surface area contributed by atoms with Crippen LogP contribution in [0.2, 0.25) is 0 Å². The lowest BCUT2D eigenvalue weighted by Gasteiger charge is -2.35. The summed E-state index contributed by atoms with van der Waals surface area (Å²) in [7, 11) is 0. The van der Waals surface area contributed by atoms with Crippen molar-refractivity contribution in [2.45, 2.75) is 44.6 Å². The first-order chi connectivity index (χ1) is 17.0. The predicted octanol–water partition coefficient (Wildman–Crippen LogP) is 5.57. The highest BCUT2D eigenvalue weighted by Crippen LogP contribution is 2.53. The number of allylic oxidation sites excluding steroid dienone is 1. The van der Waals surface area contributed by atoms with E-state index in [1.807, 2.05) is 0 Å². The molecular formula is C25H19F7N2O3. The number of hydrogen-bond donors (Lipinski definition) is 1. The van der Waals surface area contributed by atoms with E-state index in [1.165, 1.54) is 12.1 Å². The van der Waals surface area contributed by atoms with Crippen LogP contribution in [0.5, 0.6) is 0 Å². The number of benzene rings is 2. The lowest BCUT2D eigenvalue weighted by Crippen LogP contribution is -2.66. The lowest BCUT2D eigenvalue weighted by atomic mass is 9.72. The number of alkyl halides is 6. The Labute approximate surface area is 205 Å². The van der Waals surface area contributed by atoms with E-state index in [9.17, 15) is 45.1 Å². The van der Waals surface area contributed by atoms with Crippen molar-refractivity contribution in [3.63, 3.8) is 0 Å². The van der Waals surface area contributed by atoms with Crippen LogP contribution in [0.25, 0.3) is 0 Å². The molecule has 37 heavy (non-hydrogen) atoms. The largest absolute Gasteiger partial charge is 0.425 e. The van der Waals surface area contributed by atoms with Crippen molar-refractivity contribution in [1.82, 2.24) is 5.32 Å². The Bertz CT molecular complexity index is 1340. The first kappa shape index (κ1) is 26.4. The van der Waals surface area contributed by atoms with Crippen LogP contribution >= 0.6 is 0 Å². The van der Waals surface area contributed by atoms with Gasteiger partial charge < -0.3 is 5.32 Å². The fourth-order valence-corrected chi connectivity index (χ4v) is 4.73. The number of carbonyl (C=O) groups excluding carboxylic acids is 3. The third-order valence-electron chi connectivity index (χ3n) is 6.30. The smallest absolute Gasteiger partial charge is 0.326 e. The molecule has 0 saturated carbocycles. The maximum Gasteiger partial charge on any atom is 0.425 e. The zero-order valence-electron chi connectivity index (χ0n) is 19.4. The van der Waals surface area contributed by atoms with E-state index < -0.39 is 81.2 Å². The summed E-state index contributed by atoms with van der Waals surface area (Å²) in [6.45, 7) is 3.10. The fourth-order valence-electron chi connectivity index (χ4n) is 4.73. The third kappa shape index (κ3) is 4.27. The number of hydrogen-bond acceptors (Lipinski definition) is 3. The van der Waals surface area contributed by atoms with Gasteiger partial charge in [-0.15, -0.1) is 0 Å². The van der Waals surface area contributed by atoms with Gasteiger partial charge in [-0.2, -0.15) is 26.3 Å². The normalized spacial score (nSPS) is 21.8. The second-order valence-corrected chi connectivity index (χ2v) is 9.63. The number of ketones is 1. The number of anilines is 1. The molecule has 196 valence electrons. The molecule has 2 aromatic rings. The standard InChI is InChI=1S/C25H19F7N2O3/c1-22(2)11-17-19(18(35)12-22)23(25(30,31)32,33-20(36)15-8-3-4-9-16(15)26)21(37)34(17)14-7-5-6-13(10-14)24(27,28)29/h3-10H,11-12H2,1-2H3,(H,33,36). The van der Waals surface area contributed by atoms with E-state index >= 15 is 0 Å². The fraction of sp³-hybridized carbons (Fsp3) is 0.320. The molecule has 1 unspecified atom stereocenters. The minimum absolute atomic E-state index is 0.288. The number of amides is 2. The third-order valence-corrected chi connectivity index (χ3v) is 6.30. The highest BCUT2D eigenvalue weighted by atomic mass is 19.4. The first-order valence-electron chi connectivity index (χ1n) is 10.9. The molecule has 2 aromatic carbocycles. The number of nitrogens with zero attached hydrogens (tertiary/aromatic N) is 1. The Morgan fingerprint density at radius 2 is 1.59 bits per heavy atom. The molecule has 5 nitrogen and oxygen atoms in total. The average Bonchev–Trinajstić information content (AvgIpc) is 3.01. The molecule has 0 aromatic heterocycles. The molecule has 2 aliphatic rings. The Hall–Kier alpha value is -3.70. The van der Waals surface area contributed by atoms with Crippen LogP contribution in [0.15, 0.2) is 59.8 Å². The van der Waals surface area contributed by atoms with Gasteiger partial charge in [0.2, 0.25) is 5.54 Å². The molecule has 1 heterocycles. The summed E-state index contributed by atoms with van der Waals surface area (Å²) in [4.78, 5) is 40.0. The van der Waals surface area contributed by atoms with Crippen molar-refractivity contribution in [2.24, 2.45) is 5.41 Å². The SMILES string of the molecule is CC1(C)CC(=O)C2=C(C1)N(c1cccc(C(F)(F)F)c1)C(=O)C2(NC(=O)c1ccccc1F)C(F)(F)F. The topological polar surface area (TPSA) is 66.5 Å². The molecule has 1 aliphatic carbocycles. The van der Waals surface area contributed by atoms with Crippen molar-refractivity contribution in [2.75, 3.05) is 4.90 Å². The quantitative estimate of drug-likeness (QED) is 0.531. The van der Waals surface area contributed by atoms with Gasteiger partial charge >= 0.3 is 12.4 Å². The van der Waals surface area contributed by atoms with Crippen LogP contribution in [0.3, 0.4) is 0 Å². The van der Waals surface area contributed by atoms with Gasteiger partial charge in [-0.05, 0) is 42.2 Å². The van der Waals surface area contributed by atoms with E-state index in [0.717, 1.165) is 24.3 Å². The number of Topliss-reactive ketones (excluding diaryl/α,β-unsaturated/α-hetero) is 1. The number of carbonyl (C=O) groups is 3. The summed E-state index contributed by atoms with van der Waals surface area (Å²) in [6.07, 6.45) is -11.2. The highest BCUT2D eigenvalue weighted by Gasteiger charge is 2.72. The van der Waals surface area contributed by atoms with E-state index in [2.05, 4.69) is 0 Å². The van der Waals surface area contributed by atoms with Gasteiger partial charge in [0, 0.05) is 17.8 Å². The molecule has 0 bridgehead atoms. The zero-order valence-corrected chi connectivity index (χ0v) is 19.4. The van der Waals surface area contributed by atoms with Crippen LogP contribution in [-0.2, 0) is 15.8 Å². The van der Waals surface area contributed by atoms with Crippen LogP contribution < -0.4 is 10.2 Å². The Morgan fingerprint density at radius 1 is 0.946 bits per heavy atom. The van der Waals surface area contributed by atoms with Gasteiger partial charge in [0.25, 0.3) is 11.8 Å². The summed E-state index contributed by atoms with van der Waals surface area (Å²) in [6, 6.07) is 7.14. The number of rotatable bonds is 3. The molecule has 1 atom stereocenters. The molecule has 0 saturated heterocycles. The maximum absolute atomic E-state index is 14.8. The number of halogens is 7. The van der Waals surface area contributed by atoms with Crippen LogP contribution in [-0.4, -0.2) is 29.3 Å². The van der Waals surface area contributed by atoms with E-state index in [-0.39, 0.29) is 6.42 Å². The molecule has 1 N–H and O–H groups in total. The average molecular weight is 528 g/mol. The Balaban J connectivity index is 1.97. The van der Waals surface area contributed by atoms with Crippen LogP contribution in [0, 0.1) is 11.2 Å². The van der Waals surface area contributed by atoms with E-state index in [1.54, 1.807) is 19.2 Å². The van der Waals surface area contributed by atoms with Gasteiger partial charge in [-0.3, -0.25) is 19.3 Å². The van der Waals surface area contributed by atoms with Gasteiger partial charge in [-0.1, -0.05) is 32.0 Å². The molecule has 0 spiro atoms. The maximum atomic E-state index is 14.8. The summed E-state index contributed by atoms with van der Waals surface area (Å²) in [5.41, 5.74) is -9.08. The van der Waals surface area contributed by atoms with Crippen molar-refractivity contribution in [3.8, 4) is 0 Å². The predicted molar refractivity (Wildman–Crippen MR) is 117 cm³/mol. The Kier molecular flexibility index (Phi) is 6.00. The molecule has 0 radical (unpaired) electrons. The summed E-state index contributed by atoms with van der Waals surface area (Å²) in [5.74, 6) is -5.80. The van der Waals surface area contributed by atoms with Crippen molar-refractivity contribution in [1.29, 1.82) is 0 Å². The highest BCUT2D eigenvalue weighted by molar-refractivity contribution is 6.21. The summed E-state index contributed by atoms with van der Waals surface area (Å²) >= 11 is 0. The van der Waals surface area contributed by atoms with Crippen LogP contribution in [0.4, 0.5) is 36.4 Å².